The van der Waals surface area contributed by atoms with Crippen LogP contribution in [0.2, 0.25) is 0 Å². The van der Waals surface area contributed by atoms with Gasteiger partial charge in [-0.05, 0) is 50.8 Å². The summed E-state index contributed by atoms with van der Waals surface area (Å²) >= 11 is 0. The molecule has 1 aliphatic carbocycles. The van der Waals surface area contributed by atoms with Gasteiger partial charge in [0.15, 0.2) is 0 Å². The summed E-state index contributed by atoms with van der Waals surface area (Å²) in [5.41, 5.74) is 6.89. The van der Waals surface area contributed by atoms with E-state index in [1.165, 1.54) is 12.0 Å². The molecule has 2 heteroatoms. The largest absolute Gasteiger partial charge is 0.487 e. The smallest absolute Gasteiger partial charge is 0.123 e. The van der Waals surface area contributed by atoms with Crippen molar-refractivity contribution in [2.45, 2.75) is 38.2 Å². The van der Waals surface area contributed by atoms with Gasteiger partial charge in [0.05, 0.1) is 0 Å². The SMILES string of the molecule is Cc1ccccc1OC1(CCN)CCC1. The monoisotopic (exact) mass is 205 g/mol. The van der Waals surface area contributed by atoms with Crippen LogP contribution >= 0.6 is 0 Å². The maximum atomic E-state index is 6.13. The summed E-state index contributed by atoms with van der Waals surface area (Å²) in [6.07, 6.45) is 4.55. The second kappa shape index (κ2) is 4.23. The van der Waals surface area contributed by atoms with E-state index in [-0.39, 0.29) is 5.60 Å². The molecule has 2 N–H and O–H groups in total. The summed E-state index contributed by atoms with van der Waals surface area (Å²) in [4.78, 5) is 0. The molecule has 15 heavy (non-hydrogen) atoms. The molecule has 0 bridgehead atoms. The minimum atomic E-state index is 0.0425. The predicted molar refractivity (Wildman–Crippen MR) is 62.1 cm³/mol. The van der Waals surface area contributed by atoms with Crippen LogP contribution in [0.1, 0.15) is 31.2 Å². The summed E-state index contributed by atoms with van der Waals surface area (Å²) in [6.45, 7) is 2.80. The molecule has 0 aromatic heterocycles. The topological polar surface area (TPSA) is 35.2 Å². The summed E-state index contributed by atoms with van der Waals surface area (Å²) in [5, 5.41) is 0. The molecule has 1 fully saturated rings. The van der Waals surface area contributed by atoms with Crippen LogP contribution in [0.4, 0.5) is 0 Å². The van der Waals surface area contributed by atoms with Gasteiger partial charge in [0, 0.05) is 0 Å². The molecule has 1 saturated carbocycles. The number of ether oxygens (including phenoxy) is 1. The lowest BCUT2D eigenvalue weighted by Crippen LogP contribution is -2.44. The number of para-hydroxylation sites is 1. The van der Waals surface area contributed by atoms with Gasteiger partial charge in [-0.1, -0.05) is 18.2 Å². The van der Waals surface area contributed by atoms with Crippen molar-refractivity contribution < 1.29 is 4.74 Å². The van der Waals surface area contributed by atoms with Crippen LogP contribution < -0.4 is 10.5 Å². The third kappa shape index (κ3) is 2.15. The molecule has 1 aromatic carbocycles. The minimum absolute atomic E-state index is 0.0425. The average Bonchev–Trinajstić information content (AvgIpc) is 2.18. The van der Waals surface area contributed by atoms with Crippen molar-refractivity contribution in [3.8, 4) is 5.75 Å². The van der Waals surface area contributed by atoms with Crippen LogP contribution in [-0.2, 0) is 0 Å². The van der Waals surface area contributed by atoms with Crippen molar-refractivity contribution in [2.24, 2.45) is 5.73 Å². The van der Waals surface area contributed by atoms with E-state index in [0.717, 1.165) is 25.0 Å². The molecule has 2 rings (SSSR count). The third-order valence-electron chi connectivity index (χ3n) is 3.28. The minimum Gasteiger partial charge on any atom is -0.487 e. The molecular formula is C13H19NO. The lowest BCUT2D eigenvalue weighted by Gasteiger charge is -2.42. The van der Waals surface area contributed by atoms with Crippen LogP contribution in [0, 0.1) is 6.92 Å². The fraction of sp³-hybridized carbons (Fsp3) is 0.538. The fourth-order valence-corrected chi connectivity index (χ4v) is 2.14. The van der Waals surface area contributed by atoms with Gasteiger partial charge >= 0.3 is 0 Å². The molecule has 82 valence electrons. The Morgan fingerprint density at radius 3 is 2.60 bits per heavy atom. The molecule has 0 spiro atoms. The average molecular weight is 205 g/mol. The lowest BCUT2D eigenvalue weighted by atomic mass is 9.77. The number of hydrogen-bond donors (Lipinski definition) is 1. The first kappa shape index (κ1) is 10.5. The standard InChI is InChI=1S/C13H19NO/c1-11-5-2-3-6-12(11)15-13(9-10-14)7-4-8-13/h2-3,5-6H,4,7-10,14H2,1H3. The van der Waals surface area contributed by atoms with Crippen molar-refractivity contribution in [1.29, 1.82) is 0 Å². The fourth-order valence-electron chi connectivity index (χ4n) is 2.14. The second-order valence-corrected chi connectivity index (χ2v) is 4.44. The van der Waals surface area contributed by atoms with E-state index in [9.17, 15) is 0 Å². The van der Waals surface area contributed by atoms with Crippen molar-refractivity contribution in [1.82, 2.24) is 0 Å². The van der Waals surface area contributed by atoms with Crippen molar-refractivity contribution in [3.05, 3.63) is 29.8 Å². The van der Waals surface area contributed by atoms with E-state index in [4.69, 9.17) is 10.5 Å². The molecule has 2 nitrogen and oxygen atoms in total. The molecule has 0 aliphatic heterocycles. The summed E-state index contributed by atoms with van der Waals surface area (Å²) in [5.74, 6) is 1.02. The van der Waals surface area contributed by atoms with Gasteiger partial charge < -0.3 is 10.5 Å². The van der Waals surface area contributed by atoms with Crippen molar-refractivity contribution in [2.75, 3.05) is 6.54 Å². The molecule has 0 heterocycles. The van der Waals surface area contributed by atoms with Crippen LogP contribution in [0.5, 0.6) is 5.75 Å². The van der Waals surface area contributed by atoms with E-state index in [1.807, 2.05) is 18.2 Å². The molecular weight excluding hydrogens is 186 g/mol. The Balaban J connectivity index is 2.10. The van der Waals surface area contributed by atoms with E-state index in [1.54, 1.807) is 0 Å². The first-order valence-electron chi connectivity index (χ1n) is 5.70. The highest BCUT2D eigenvalue weighted by Gasteiger charge is 2.38. The molecule has 0 atom stereocenters. The highest BCUT2D eigenvalue weighted by molar-refractivity contribution is 5.32. The zero-order valence-electron chi connectivity index (χ0n) is 9.33. The van der Waals surface area contributed by atoms with Crippen LogP contribution in [-0.4, -0.2) is 12.1 Å². The number of rotatable bonds is 4. The summed E-state index contributed by atoms with van der Waals surface area (Å²) in [7, 11) is 0. The maximum absolute atomic E-state index is 6.13. The van der Waals surface area contributed by atoms with Crippen molar-refractivity contribution in [3.63, 3.8) is 0 Å². The van der Waals surface area contributed by atoms with Crippen LogP contribution in [0.3, 0.4) is 0 Å². The number of benzene rings is 1. The molecule has 1 aromatic rings. The number of hydrogen-bond acceptors (Lipinski definition) is 2. The van der Waals surface area contributed by atoms with Gasteiger partial charge in [0.2, 0.25) is 0 Å². The Kier molecular flexibility index (Phi) is 2.96. The molecule has 1 aliphatic rings. The highest BCUT2D eigenvalue weighted by atomic mass is 16.5. The quantitative estimate of drug-likeness (QED) is 0.820. The zero-order valence-corrected chi connectivity index (χ0v) is 9.33. The van der Waals surface area contributed by atoms with Gasteiger partial charge in [-0.3, -0.25) is 0 Å². The van der Waals surface area contributed by atoms with Gasteiger partial charge in [0.1, 0.15) is 11.4 Å². The van der Waals surface area contributed by atoms with E-state index in [0.29, 0.717) is 6.54 Å². The number of nitrogens with two attached hydrogens (primary N) is 1. The van der Waals surface area contributed by atoms with Gasteiger partial charge in [-0.2, -0.15) is 0 Å². The Bertz CT molecular complexity index is 331. The Morgan fingerprint density at radius 1 is 1.33 bits per heavy atom. The predicted octanol–water partition coefficient (Wildman–Crippen LogP) is 2.65. The maximum Gasteiger partial charge on any atom is 0.123 e. The summed E-state index contributed by atoms with van der Waals surface area (Å²) < 4.78 is 6.13. The molecule has 0 unspecified atom stereocenters. The first-order chi connectivity index (χ1) is 7.26. The molecule has 0 radical (unpaired) electrons. The zero-order chi connectivity index (χ0) is 10.7. The Hall–Kier alpha value is -1.02. The third-order valence-corrected chi connectivity index (χ3v) is 3.28. The van der Waals surface area contributed by atoms with Gasteiger partial charge in [-0.15, -0.1) is 0 Å². The van der Waals surface area contributed by atoms with E-state index in [2.05, 4.69) is 13.0 Å². The second-order valence-electron chi connectivity index (χ2n) is 4.44. The summed E-state index contributed by atoms with van der Waals surface area (Å²) in [6, 6.07) is 8.20. The normalized spacial score (nSPS) is 18.3. The van der Waals surface area contributed by atoms with Gasteiger partial charge in [-0.25, -0.2) is 0 Å². The van der Waals surface area contributed by atoms with Crippen LogP contribution in [0.15, 0.2) is 24.3 Å². The van der Waals surface area contributed by atoms with E-state index >= 15 is 0 Å². The first-order valence-corrected chi connectivity index (χ1v) is 5.70. The van der Waals surface area contributed by atoms with Crippen LogP contribution in [0.25, 0.3) is 0 Å². The van der Waals surface area contributed by atoms with E-state index < -0.39 is 0 Å². The number of aryl methyl sites for hydroxylation is 1. The Morgan fingerprint density at radius 2 is 2.07 bits per heavy atom. The highest BCUT2D eigenvalue weighted by Crippen LogP contribution is 2.39. The van der Waals surface area contributed by atoms with Gasteiger partial charge in [0.25, 0.3) is 0 Å². The Labute approximate surface area is 91.4 Å². The lowest BCUT2D eigenvalue weighted by molar-refractivity contribution is -0.0130. The molecule has 0 saturated heterocycles. The molecule has 0 amide bonds. The van der Waals surface area contributed by atoms with Crippen molar-refractivity contribution >= 4 is 0 Å².